The van der Waals surface area contributed by atoms with Gasteiger partial charge in [-0.25, -0.2) is 0 Å². The van der Waals surface area contributed by atoms with Crippen LogP contribution < -0.4 is 9.80 Å². The van der Waals surface area contributed by atoms with Crippen molar-refractivity contribution in [3.05, 3.63) is 65.6 Å². The SMILES string of the molecule is CC(C)c1cccc(C(C)C)c1N1CCN(c2c(C(C)C)cccc2C(C)C)[C]1=[Ag].F[CH-]F. The third-order valence-electron chi connectivity index (χ3n) is 6.18. The van der Waals surface area contributed by atoms with Gasteiger partial charge in [-0.3, -0.25) is 0 Å². The molecule has 2 nitrogen and oxygen atoms in total. The molecule has 0 aliphatic carbocycles. The Hall–Kier alpha value is -1.49. The van der Waals surface area contributed by atoms with Crippen LogP contribution in [0.2, 0.25) is 0 Å². The van der Waals surface area contributed by atoms with Crippen molar-refractivity contribution in [2.24, 2.45) is 0 Å². The van der Waals surface area contributed by atoms with Crippen molar-refractivity contribution in [2.45, 2.75) is 79.1 Å². The smallest absolute Gasteiger partial charge is 0.0120 e. The number of benzene rings is 2. The molecule has 2 aromatic rings. The summed E-state index contributed by atoms with van der Waals surface area (Å²) in [5, 5.41) is 0. The fourth-order valence-electron chi connectivity index (χ4n) is 4.55. The minimum atomic E-state index is -1.00. The van der Waals surface area contributed by atoms with E-state index in [1.807, 2.05) is 0 Å². The van der Waals surface area contributed by atoms with Crippen LogP contribution >= 0.6 is 0 Å². The van der Waals surface area contributed by atoms with Gasteiger partial charge in [0.25, 0.3) is 0 Å². The molecule has 0 bridgehead atoms. The molecule has 2 aromatic carbocycles. The number of hydrogen-bond donors (Lipinski definition) is 0. The summed E-state index contributed by atoms with van der Waals surface area (Å²) in [4.78, 5) is 5.01. The quantitative estimate of drug-likeness (QED) is 0.265. The molecule has 33 heavy (non-hydrogen) atoms. The Bertz CT molecular complexity index is 811. The molecule has 0 N–H and O–H groups in total. The predicted molar refractivity (Wildman–Crippen MR) is 135 cm³/mol. The Morgan fingerprint density at radius 3 is 1.09 bits per heavy atom. The maximum atomic E-state index is 9.50. The molecular formula is C28H39AgF2N2-. The van der Waals surface area contributed by atoms with Gasteiger partial charge >= 0.3 is 197 Å². The van der Waals surface area contributed by atoms with Crippen molar-refractivity contribution in [3.63, 3.8) is 0 Å². The molecule has 1 fully saturated rings. The van der Waals surface area contributed by atoms with E-state index in [4.69, 9.17) is 0 Å². The monoisotopic (exact) mass is 548 g/mol. The first-order chi connectivity index (χ1) is 15.6. The Morgan fingerprint density at radius 2 is 0.879 bits per heavy atom. The van der Waals surface area contributed by atoms with Gasteiger partial charge in [-0.2, -0.15) is 0 Å². The molecule has 187 valence electrons. The van der Waals surface area contributed by atoms with Crippen molar-refractivity contribution in [2.75, 3.05) is 22.9 Å². The first kappa shape index (κ1) is 27.8. The van der Waals surface area contributed by atoms with Gasteiger partial charge in [-0.15, -0.1) is 0 Å². The summed E-state index contributed by atoms with van der Waals surface area (Å²) in [5.41, 5.74) is 8.51. The number of hydrogen-bond acceptors (Lipinski definition) is 2. The van der Waals surface area contributed by atoms with Crippen LogP contribution in [0.1, 0.15) is 101 Å². The van der Waals surface area contributed by atoms with E-state index in [1.165, 1.54) is 37.6 Å². The number of halogens is 2. The first-order valence-electron chi connectivity index (χ1n) is 11.9. The molecule has 3 rings (SSSR count). The number of nitrogens with zero attached hydrogens (tertiary/aromatic N) is 2. The molecule has 1 aliphatic rings. The van der Waals surface area contributed by atoms with E-state index in [0.29, 0.717) is 23.7 Å². The summed E-state index contributed by atoms with van der Waals surface area (Å²) in [7, 11) is 0. The second kappa shape index (κ2) is 12.3. The molecule has 1 heterocycles. The summed E-state index contributed by atoms with van der Waals surface area (Å²) in [6.45, 7) is 19.4. The molecule has 0 unspecified atom stereocenters. The van der Waals surface area contributed by atoms with Crippen LogP contribution in [0.4, 0.5) is 20.2 Å². The van der Waals surface area contributed by atoms with Crippen LogP contribution in [0, 0.1) is 6.93 Å². The fraction of sp³-hybridized carbons (Fsp3) is 0.500. The molecule has 0 amide bonds. The minimum absolute atomic E-state index is 0.488. The number of para-hydroxylation sites is 2. The molecule has 0 spiro atoms. The average molecular weight is 549 g/mol. The largest absolute Gasteiger partial charge is 0.425 e. The third-order valence-corrected chi connectivity index (χ3v) is 6.98. The zero-order valence-electron chi connectivity index (χ0n) is 21.2. The number of anilines is 2. The summed E-state index contributed by atoms with van der Waals surface area (Å²) in [6, 6.07) is 13.7. The summed E-state index contributed by atoms with van der Waals surface area (Å²) in [6.07, 6.45) is 0. The fourth-order valence-corrected chi connectivity index (χ4v) is 5.21. The topological polar surface area (TPSA) is 6.48 Å². The Kier molecular flexibility index (Phi) is 10.3. The van der Waals surface area contributed by atoms with Gasteiger partial charge < -0.3 is 8.78 Å². The summed E-state index contributed by atoms with van der Waals surface area (Å²) in [5.74, 6) is 1.95. The molecule has 1 saturated heterocycles. The molecule has 0 radical (unpaired) electrons. The van der Waals surface area contributed by atoms with Crippen LogP contribution in [0.5, 0.6) is 0 Å². The molecule has 0 atom stereocenters. The van der Waals surface area contributed by atoms with Crippen LogP contribution in [0.25, 0.3) is 0 Å². The standard InChI is InChI=1S/C27H38N2.CHF2.Ag/c1-18(2)22-11-9-12-23(19(3)4)26(22)28-15-16-29(17-28)27-24(20(5)6)13-10-14-25(27)21(7)8;2-1-3;/h9-14,18-21H,15-16H2,1-8H3;1H;/q;-1;. The van der Waals surface area contributed by atoms with Crippen LogP contribution in [0.3, 0.4) is 0 Å². The Balaban J connectivity index is 0.00000122. The molecular weight excluding hydrogens is 510 g/mol. The Morgan fingerprint density at radius 1 is 0.636 bits per heavy atom. The second-order valence-corrected chi connectivity index (χ2v) is 10.5. The third kappa shape index (κ3) is 6.15. The van der Waals surface area contributed by atoms with Crippen LogP contribution in [-0.2, 0) is 20.6 Å². The Labute approximate surface area is 211 Å². The second-order valence-electron chi connectivity index (χ2n) is 9.81. The van der Waals surface area contributed by atoms with Crippen molar-refractivity contribution in [1.82, 2.24) is 0 Å². The maximum absolute atomic E-state index is 9.50. The molecule has 1 aliphatic heterocycles. The first-order valence-corrected chi connectivity index (χ1v) is 12.6. The van der Waals surface area contributed by atoms with Crippen LogP contribution in [-0.4, -0.2) is 17.1 Å². The maximum Gasteiger partial charge on any atom is -0.0120 e. The normalized spacial score (nSPS) is 14.1. The van der Waals surface area contributed by atoms with E-state index >= 15 is 0 Å². The van der Waals surface area contributed by atoms with Gasteiger partial charge in [0, 0.05) is 0 Å². The zero-order chi connectivity index (χ0) is 24.9. The molecule has 5 heteroatoms. The van der Waals surface area contributed by atoms with Crippen molar-refractivity contribution < 1.29 is 29.4 Å². The average Bonchev–Trinajstić information content (AvgIpc) is 3.13. The minimum Gasteiger partial charge on any atom is -0.425 e. The summed E-state index contributed by atoms with van der Waals surface area (Å²) >= 11 is 4.07. The van der Waals surface area contributed by atoms with Gasteiger partial charge in [0.15, 0.2) is 0 Å². The van der Waals surface area contributed by atoms with Gasteiger partial charge in [-0.05, 0) is 6.93 Å². The van der Waals surface area contributed by atoms with Crippen LogP contribution in [0.15, 0.2) is 36.4 Å². The molecule has 0 aromatic heterocycles. The summed E-state index contributed by atoms with van der Waals surface area (Å²) < 4.78 is 20.2. The van der Waals surface area contributed by atoms with Gasteiger partial charge in [0.05, 0.1) is 0 Å². The van der Waals surface area contributed by atoms with Crippen molar-refractivity contribution in [3.8, 4) is 0 Å². The van der Waals surface area contributed by atoms with E-state index in [9.17, 15) is 8.78 Å². The van der Waals surface area contributed by atoms with E-state index in [1.54, 1.807) is 0 Å². The van der Waals surface area contributed by atoms with E-state index in [-0.39, 0.29) is 0 Å². The van der Waals surface area contributed by atoms with Gasteiger partial charge in [-0.1, -0.05) is 0 Å². The van der Waals surface area contributed by atoms with E-state index in [2.05, 4.69) is 122 Å². The van der Waals surface area contributed by atoms with Gasteiger partial charge in [0.1, 0.15) is 0 Å². The number of rotatable bonds is 6. The van der Waals surface area contributed by atoms with Crippen molar-refractivity contribution >= 4 is 15.3 Å². The van der Waals surface area contributed by atoms with Crippen molar-refractivity contribution in [1.29, 1.82) is 0 Å². The zero-order valence-corrected chi connectivity index (χ0v) is 22.7. The predicted octanol–water partition coefficient (Wildman–Crippen LogP) is 8.19. The van der Waals surface area contributed by atoms with E-state index in [0.717, 1.165) is 13.1 Å². The van der Waals surface area contributed by atoms with Gasteiger partial charge in [0.2, 0.25) is 0 Å². The molecule has 0 saturated carbocycles. The van der Waals surface area contributed by atoms with E-state index < -0.39 is 6.93 Å².